The molecule has 0 bridgehead atoms. The van der Waals surface area contributed by atoms with E-state index in [1.54, 1.807) is 0 Å². The van der Waals surface area contributed by atoms with Crippen molar-refractivity contribution < 1.29 is 13.2 Å². The molecule has 0 aromatic rings. The van der Waals surface area contributed by atoms with Crippen molar-refractivity contribution in [2.75, 3.05) is 12.4 Å². The number of hydrogen-bond donors (Lipinski definition) is 1. The molecule has 0 radical (unpaired) electrons. The van der Waals surface area contributed by atoms with Crippen molar-refractivity contribution in [2.45, 2.75) is 38.7 Å². The molecule has 4 nitrogen and oxygen atoms in total. The summed E-state index contributed by atoms with van der Waals surface area (Å²) in [5.41, 5.74) is 0. The molecule has 0 aromatic carbocycles. The molecule has 84 valence electrons. The van der Waals surface area contributed by atoms with Crippen LogP contribution in [0.25, 0.3) is 0 Å². The van der Waals surface area contributed by atoms with Crippen molar-refractivity contribution in [3.8, 4) is 0 Å². The average molecular weight is 221 g/mol. The molecule has 14 heavy (non-hydrogen) atoms. The smallest absolute Gasteiger partial charge is 0.211 e. The van der Waals surface area contributed by atoms with E-state index in [-0.39, 0.29) is 18.5 Å². The van der Waals surface area contributed by atoms with Gasteiger partial charge in [0.25, 0.3) is 0 Å². The maximum atomic E-state index is 10.6. The van der Waals surface area contributed by atoms with Crippen LogP contribution in [0.3, 0.4) is 0 Å². The Morgan fingerprint density at radius 1 is 1.29 bits per heavy atom. The molecular weight excluding hydrogens is 202 g/mol. The van der Waals surface area contributed by atoms with Crippen LogP contribution in [0.15, 0.2) is 0 Å². The normalized spacial score (nSPS) is 29.0. The molecule has 5 heteroatoms. The van der Waals surface area contributed by atoms with Gasteiger partial charge in [-0.1, -0.05) is 6.92 Å². The van der Waals surface area contributed by atoms with Gasteiger partial charge in [-0.2, -0.15) is 0 Å². The number of ether oxygens (including phenoxy) is 1. The maximum absolute atomic E-state index is 10.6. The van der Waals surface area contributed by atoms with Gasteiger partial charge in [-0.25, -0.2) is 13.6 Å². The van der Waals surface area contributed by atoms with Crippen LogP contribution in [0.5, 0.6) is 0 Å². The van der Waals surface area contributed by atoms with E-state index in [9.17, 15) is 8.42 Å². The minimum Gasteiger partial charge on any atom is -0.377 e. The summed E-state index contributed by atoms with van der Waals surface area (Å²) in [6.07, 6.45) is 4.70. The van der Waals surface area contributed by atoms with Crippen LogP contribution >= 0.6 is 0 Å². The van der Waals surface area contributed by atoms with E-state index in [2.05, 4.69) is 6.92 Å². The number of hydrogen-bond acceptors (Lipinski definition) is 3. The molecule has 0 unspecified atom stereocenters. The highest BCUT2D eigenvalue weighted by molar-refractivity contribution is 7.89. The first-order valence-corrected chi connectivity index (χ1v) is 6.81. The Morgan fingerprint density at radius 3 is 2.36 bits per heavy atom. The zero-order chi connectivity index (χ0) is 10.6. The zero-order valence-electron chi connectivity index (χ0n) is 8.61. The lowest BCUT2D eigenvalue weighted by molar-refractivity contribution is 0.0287. The Hall–Kier alpha value is -0.130. The van der Waals surface area contributed by atoms with E-state index in [0.717, 1.165) is 18.8 Å². The lowest BCUT2D eigenvalue weighted by atomic mass is 9.89. The Labute approximate surface area is 85.9 Å². The molecule has 1 saturated carbocycles. The highest BCUT2D eigenvalue weighted by Gasteiger charge is 2.18. The first kappa shape index (κ1) is 11.9. The Balaban J connectivity index is 2.14. The predicted molar refractivity (Wildman–Crippen MR) is 55.3 cm³/mol. The van der Waals surface area contributed by atoms with Gasteiger partial charge in [0.05, 0.1) is 18.5 Å². The lowest BCUT2D eigenvalue weighted by Gasteiger charge is -2.26. The monoisotopic (exact) mass is 221 g/mol. The van der Waals surface area contributed by atoms with Gasteiger partial charge in [0.1, 0.15) is 0 Å². The predicted octanol–water partition coefficient (Wildman–Crippen LogP) is 0.870. The van der Waals surface area contributed by atoms with Crippen molar-refractivity contribution >= 4 is 10.0 Å². The summed E-state index contributed by atoms with van der Waals surface area (Å²) < 4.78 is 26.7. The van der Waals surface area contributed by atoms with Crippen LogP contribution < -0.4 is 5.14 Å². The number of primary sulfonamides is 1. The largest absolute Gasteiger partial charge is 0.377 e. The average Bonchev–Trinajstić information content (AvgIpc) is 2.06. The van der Waals surface area contributed by atoms with Crippen LogP contribution in [-0.4, -0.2) is 26.9 Å². The minimum absolute atomic E-state index is 0.0704. The SMILES string of the molecule is CC1CCC(OCCS(N)(=O)=O)CC1. The van der Waals surface area contributed by atoms with Crippen molar-refractivity contribution in [3.05, 3.63) is 0 Å². The van der Waals surface area contributed by atoms with Crippen LogP contribution in [0.4, 0.5) is 0 Å². The molecule has 0 spiro atoms. The first-order chi connectivity index (χ1) is 6.47. The molecule has 1 rings (SSSR count). The van der Waals surface area contributed by atoms with E-state index < -0.39 is 10.0 Å². The summed E-state index contributed by atoms with van der Waals surface area (Å²) in [6.45, 7) is 2.47. The molecule has 0 heterocycles. The quantitative estimate of drug-likeness (QED) is 0.765. The van der Waals surface area contributed by atoms with Gasteiger partial charge in [-0.3, -0.25) is 0 Å². The van der Waals surface area contributed by atoms with Gasteiger partial charge in [0.2, 0.25) is 10.0 Å². The van der Waals surface area contributed by atoms with Crippen LogP contribution in [-0.2, 0) is 14.8 Å². The summed E-state index contributed by atoms with van der Waals surface area (Å²) in [6, 6.07) is 0. The van der Waals surface area contributed by atoms with Crippen molar-refractivity contribution in [1.82, 2.24) is 0 Å². The first-order valence-electron chi connectivity index (χ1n) is 5.09. The topological polar surface area (TPSA) is 69.4 Å². The second-order valence-corrected chi connectivity index (χ2v) is 5.85. The fourth-order valence-corrected chi connectivity index (χ4v) is 2.06. The molecule has 1 aliphatic rings. The van der Waals surface area contributed by atoms with Crippen molar-refractivity contribution in [2.24, 2.45) is 11.1 Å². The second kappa shape index (κ2) is 5.09. The summed E-state index contributed by atoms with van der Waals surface area (Å²) in [7, 11) is -3.36. The summed E-state index contributed by atoms with van der Waals surface area (Å²) in [4.78, 5) is 0. The Kier molecular flexibility index (Phi) is 4.34. The number of nitrogens with two attached hydrogens (primary N) is 1. The molecule has 2 N–H and O–H groups in total. The van der Waals surface area contributed by atoms with Crippen LogP contribution in [0, 0.1) is 5.92 Å². The summed E-state index contributed by atoms with van der Waals surface area (Å²) in [5.74, 6) is 0.715. The van der Waals surface area contributed by atoms with E-state index >= 15 is 0 Å². The second-order valence-electron chi connectivity index (χ2n) is 4.12. The van der Waals surface area contributed by atoms with Crippen molar-refractivity contribution in [1.29, 1.82) is 0 Å². The molecule has 0 atom stereocenters. The lowest BCUT2D eigenvalue weighted by Crippen LogP contribution is -2.25. The third-order valence-electron chi connectivity index (χ3n) is 2.68. The van der Waals surface area contributed by atoms with Gasteiger partial charge in [0.15, 0.2) is 0 Å². The van der Waals surface area contributed by atoms with Gasteiger partial charge < -0.3 is 4.74 Å². The van der Waals surface area contributed by atoms with Gasteiger partial charge in [-0.05, 0) is 31.6 Å². The molecular formula is C9H19NO3S. The molecule has 1 aliphatic carbocycles. The number of rotatable bonds is 4. The molecule has 0 aromatic heterocycles. The zero-order valence-corrected chi connectivity index (χ0v) is 9.42. The Morgan fingerprint density at radius 2 is 1.86 bits per heavy atom. The summed E-state index contributed by atoms with van der Waals surface area (Å²) in [5, 5.41) is 4.87. The van der Waals surface area contributed by atoms with E-state index in [1.807, 2.05) is 0 Å². The van der Waals surface area contributed by atoms with Gasteiger partial charge in [0, 0.05) is 0 Å². The van der Waals surface area contributed by atoms with Gasteiger partial charge in [-0.15, -0.1) is 0 Å². The van der Waals surface area contributed by atoms with E-state index in [1.165, 1.54) is 12.8 Å². The number of sulfonamides is 1. The van der Waals surface area contributed by atoms with Gasteiger partial charge >= 0.3 is 0 Å². The highest BCUT2D eigenvalue weighted by Crippen LogP contribution is 2.25. The fourth-order valence-electron chi connectivity index (χ4n) is 1.73. The maximum Gasteiger partial charge on any atom is 0.211 e. The van der Waals surface area contributed by atoms with Crippen LogP contribution in [0.2, 0.25) is 0 Å². The third kappa shape index (κ3) is 4.93. The minimum atomic E-state index is -3.36. The molecule has 0 aliphatic heterocycles. The third-order valence-corrected chi connectivity index (χ3v) is 3.42. The highest BCUT2D eigenvalue weighted by atomic mass is 32.2. The van der Waals surface area contributed by atoms with Crippen molar-refractivity contribution in [3.63, 3.8) is 0 Å². The van der Waals surface area contributed by atoms with E-state index in [0.29, 0.717) is 0 Å². The standard InChI is InChI=1S/C9H19NO3S/c1-8-2-4-9(5-3-8)13-6-7-14(10,11)12/h8-9H,2-7H2,1H3,(H2,10,11,12). The molecule has 0 saturated heterocycles. The van der Waals surface area contributed by atoms with Crippen LogP contribution in [0.1, 0.15) is 32.6 Å². The summed E-state index contributed by atoms with van der Waals surface area (Å²) >= 11 is 0. The fraction of sp³-hybridized carbons (Fsp3) is 1.00. The molecule has 1 fully saturated rings. The molecule has 0 amide bonds. The Bertz CT molecular complexity index is 255. The van der Waals surface area contributed by atoms with E-state index in [4.69, 9.17) is 9.88 Å².